The minimum Gasteiger partial charge on any atom is -0.384 e. The third kappa shape index (κ3) is 5.33. The zero-order valence-electron chi connectivity index (χ0n) is 22.0. The molecule has 212 valence electrons. The van der Waals surface area contributed by atoms with Gasteiger partial charge in [0.2, 0.25) is 11.8 Å². The lowest BCUT2D eigenvalue weighted by Crippen LogP contribution is -2.49. The number of hydrogen-bond donors (Lipinski definition) is 3. The zero-order valence-corrected chi connectivity index (χ0v) is 22.8. The lowest BCUT2D eigenvalue weighted by atomic mass is 10.0. The Labute approximate surface area is 239 Å². The number of nitrogens with zero attached hydrogens (tertiary/aromatic N) is 2. The second-order valence-corrected chi connectivity index (χ2v) is 11.3. The first-order chi connectivity index (χ1) is 19.7. The molecular formula is C29H28FN5O5S. The van der Waals surface area contributed by atoms with Crippen LogP contribution in [0.2, 0.25) is 0 Å². The van der Waals surface area contributed by atoms with Gasteiger partial charge in [0.05, 0.1) is 26.3 Å². The molecule has 4 N–H and O–H groups in total. The van der Waals surface area contributed by atoms with Crippen LogP contribution in [0.5, 0.6) is 0 Å². The highest BCUT2D eigenvalue weighted by molar-refractivity contribution is 7.10. The molecule has 0 unspecified atom stereocenters. The predicted octanol–water partition coefficient (Wildman–Crippen LogP) is 2.45. The number of amides is 3. The number of fused-ring (bicyclic) bond motifs is 1. The fourth-order valence-corrected chi connectivity index (χ4v) is 6.36. The second-order valence-electron chi connectivity index (χ2n) is 10.3. The summed E-state index contributed by atoms with van der Waals surface area (Å²) < 4.78 is 25.0. The molecule has 6 rings (SSSR count). The molecule has 0 radical (unpaired) electrons. The number of hydrogen-bond acceptors (Lipinski definition) is 7. The number of ether oxygens (including phenoxy) is 2. The van der Waals surface area contributed by atoms with Gasteiger partial charge in [0.1, 0.15) is 24.2 Å². The van der Waals surface area contributed by atoms with Crippen molar-refractivity contribution in [2.75, 3.05) is 26.3 Å². The summed E-state index contributed by atoms with van der Waals surface area (Å²) in [6.07, 6.45) is 0.183. The average Bonchev–Trinajstić information content (AvgIpc) is 3.76. The highest BCUT2D eigenvalue weighted by Crippen LogP contribution is 2.36. The van der Waals surface area contributed by atoms with E-state index >= 15 is 0 Å². The van der Waals surface area contributed by atoms with Crippen LogP contribution in [0.4, 0.5) is 4.39 Å². The van der Waals surface area contributed by atoms with Gasteiger partial charge < -0.3 is 30.3 Å². The molecule has 0 saturated carbocycles. The van der Waals surface area contributed by atoms with Gasteiger partial charge in [-0.1, -0.05) is 18.2 Å². The maximum Gasteiger partial charge on any atom is 0.254 e. The number of thiophene rings is 1. The number of nitrogen functional groups attached to an aromatic ring is 1. The van der Waals surface area contributed by atoms with Gasteiger partial charge in [-0.3, -0.25) is 19.8 Å². The molecule has 2 aromatic carbocycles. The number of nitrogens with one attached hydrogen (secondary N) is 2. The topological polar surface area (TPSA) is 138 Å². The van der Waals surface area contributed by atoms with Crippen LogP contribution in [0.15, 0.2) is 53.9 Å². The van der Waals surface area contributed by atoms with Crippen LogP contribution in [0, 0.1) is 11.2 Å². The monoisotopic (exact) mass is 577 g/mol. The highest BCUT2D eigenvalue weighted by Gasteiger charge is 2.52. The summed E-state index contributed by atoms with van der Waals surface area (Å²) in [4.78, 5) is 43.8. The third-order valence-electron chi connectivity index (χ3n) is 7.62. The van der Waals surface area contributed by atoms with Gasteiger partial charge in [0.25, 0.3) is 5.91 Å². The van der Waals surface area contributed by atoms with E-state index in [1.54, 1.807) is 29.6 Å². The first-order valence-corrected chi connectivity index (χ1v) is 14.0. The molecule has 12 heteroatoms. The summed E-state index contributed by atoms with van der Waals surface area (Å²) >= 11 is 1.38. The number of likely N-dealkylation sites (tertiary alicyclic amines) is 1. The summed E-state index contributed by atoms with van der Waals surface area (Å²) in [6.45, 7) is 1.09. The number of rotatable bonds is 7. The Morgan fingerprint density at radius 1 is 1.12 bits per heavy atom. The Balaban J connectivity index is 1.15. The van der Waals surface area contributed by atoms with Crippen LogP contribution in [-0.2, 0) is 32.2 Å². The number of halogens is 1. The predicted molar refractivity (Wildman–Crippen MR) is 149 cm³/mol. The molecular weight excluding hydrogens is 549 g/mol. The van der Waals surface area contributed by atoms with E-state index in [4.69, 9.17) is 20.6 Å². The molecule has 2 saturated heterocycles. The fraction of sp³-hybridized carbons (Fsp3) is 0.310. The second kappa shape index (κ2) is 10.7. The van der Waals surface area contributed by atoms with Crippen LogP contribution >= 0.6 is 11.3 Å². The standard InChI is InChI=1S/C29H28FN5O5S/c30-21-4-1-17(2-5-21)18-3-6-23-19(9-18)13-34(28(23)38)14-25(36)35-16-29(39-7-8-40-29)11-24(35)27(37)33-12-22-10-20(15-41-22)26(31)32/h1-6,9-10,15,24H,7-8,11-14,16H2,(H3,31,32)(H,33,37)/t24-/m0/s1. The van der Waals surface area contributed by atoms with Crippen LogP contribution in [-0.4, -0.2) is 71.5 Å². The van der Waals surface area contributed by atoms with Gasteiger partial charge in [-0.2, -0.15) is 0 Å². The largest absolute Gasteiger partial charge is 0.384 e. The minimum atomic E-state index is -1.05. The summed E-state index contributed by atoms with van der Waals surface area (Å²) in [5, 5.41) is 12.2. The van der Waals surface area contributed by atoms with Gasteiger partial charge in [-0.15, -0.1) is 11.3 Å². The molecule has 3 aliphatic rings. The zero-order chi connectivity index (χ0) is 28.7. The van der Waals surface area contributed by atoms with Crippen molar-refractivity contribution in [3.05, 3.63) is 81.3 Å². The smallest absolute Gasteiger partial charge is 0.254 e. The number of benzene rings is 2. The lowest BCUT2D eigenvalue weighted by Gasteiger charge is -2.26. The molecule has 41 heavy (non-hydrogen) atoms. The maximum atomic E-state index is 13.6. The van der Waals surface area contributed by atoms with Crippen LogP contribution < -0.4 is 11.1 Å². The Hall–Kier alpha value is -4.13. The van der Waals surface area contributed by atoms with Crippen LogP contribution in [0.25, 0.3) is 11.1 Å². The molecule has 1 aromatic heterocycles. The molecule has 4 heterocycles. The molecule has 0 bridgehead atoms. The summed E-state index contributed by atoms with van der Waals surface area (Å²) in [5.74, 6) is -2.42. The summed E-state index contributed by atoms with van der Waals surface area (Å²) in [6, 6.07) is 12.5. The van der Waals surface area contributed by atoms with E-state index in [1.165, 1.54) is 33.3 Å². The Morgan fingerprint density at radius 3 is 2.56 bits per heavy atom. The summed E-state index contributed by atoms with van der Waals surface area (Å²) in [5.41, 5.74) is 9.08. The van der Waals surface area contributed by atoms with Crippen molar-refractivity contribution in [2.45, 2.75) is 31.3 Å². The van der Waals surface area contributed by atoms with Crippen molar-refractivity contribution >= 4 is 34.9 Å². The molecule has 3 aliphatic heterocycles. The van der Waals surface area contributed by atoms with E-state index in [9.17, 15) is 18.8 Å². The molecule has 3 aromatic rings. The van der Waals surface area contributed by atoms with Crippen molar-refractivity contribution in [2.24, 2.45) is 5.73 Å². The highest BCUT2D eigenvalue weighted by atomic mass is 32.1. The first-order valence-electron chi connectivity index (χ1n) is 13.2. The van der Waals surface area contributed by atoms with E-state index < -0.39 is 11.8 Å². The average molecular weight is 578 g/mol. The maximum absolute atomic E-state index is 13.6. The molecule has 0 aliphatic carbocycles. The number of carbonyl (C=O) groups is 3. The van der Waals surface area contributed by atoms with Gasteiger partial charge in [0.15, 0.2) is 5.79 Å². The van der Waals surface area contributed by atoms with E-state index in [0.717, 1.165) is 21.6 Å². The van der Waals surface area contributed by atoms with Crippen molar-refractivity contribution in [3.63, 3.8) is 0 Å². The molecule has 1 spiro atoms. The molecule has 10 nitrogen and oxygen atoms in total. The van der Waals surface area contributed by atoms with Gasteiger partial charge in [-0.25, -0.2) is 4.39 Å². The number of nitrogens with two attached hydrogens (primary N) is 1. The normalized spacial score (nSPS) is 19.1. The fourth-order valence-electron chi connectivity index (χ4n) is 5.53. The van der Waals surface area contributed by atoms with Crippen molar-refractivity contribution in [1.29, 1.82) is 5.41 Å². The molecule has 2 fully saturated rings. The van der Waals surface area contributed by atoms with E-state index in [0.29, 0.717) is 24.3 Å². The Kier molecular flexibility index (Phi) is 7.06. The Bertz CT molecular complexity index is 1530. The van der Waals surface area contributed by atoms with Crippen molar-refractivity contribution in [3.8, 4) is 11.1 Å². The van der Waals surface area contributed by atoms with Crippen molar-refractivity contribution in [1.82, 2.24) is 15.1 Å². The van der Waals surface area contributed by atoms with Gasteiger partial charge >= 0.3 is 0 Å². The first kappa shape index (κ1) is 27.1. The van der Waals surface area contributed by atoms with Gasteiger partial charge in [0, 0.05) is 34.3 Å². The Morgan fingerprint density at radius 2 is 1.85 bits per heavy atom. The molecule has 3 amide bonds. The van der Waals surface area contributed by atoms with Gasteiger partial charge in [-0.05, 0) is 47.0 Å². The third-order valence-corrected chi connectivity index (χ3v) is 8.55. The SMILES string of the molecule is N=C(N)c1csc(CNC(=O)[C@@H]2CC3(CN2C(=O)CN2Cc4cc(-c5ccc(F)cc5)ccc4C2=O)OCCO3)c1. The van der Waals surface area contributed by atoms with Crippen LogP contribution in [0.1, 0.15) is 32.8 Å². The minimum absolute atomic E-state index is 0.0471. The quantitative estimate of drug-likeness (QED) is 0.291. The molecule has 1 atom stereocenters. The van der Waals surface area contributed by atoms with Crippen LogP contribution in [0.3, 0.4) is 0 Å². The number of amidine groups is 1. The van der Waals surface area contributed by atoms with Crippen molar-refractivity contribution < 1.29 is 28.2 Å². The van der Waals surface area contributed by atoms with E-state index in [-0.39, 0.29) is 62.0 Å². The lowest BCUT2D eigenvalue weighted by molar-refractivity contribution is -0.152. The summed E-state index contributed by atoms with van der Waals surface area (Å²) in [7, 11) is 0. The van der Waals surface area contributed by atoms with E-state index in [2.05, 4.69) is 5.32 Å². The number of carbonyl (C=O) groups excluding carboxylic acids is 3. The van der Waals surface area contributed by atoms with E-state index in [1.807, 2.05) is 12.1 Å².